The molecule has 0 aromatic heterocycles. The first-order valence-electron chi connectivity index (χ1n) is 13.3. The lowest BCUT2D eigenvalue weighted by Crippen LogP contribution is -2.50. The van der Waals surface area contributed by atoms with Crippen LogP contribution in [0.25, 0.3) is 0 Å². The molecule has 0 aliphatic heterocycles. The first-order chi connectivity index (χ1) is 14.2. The van der Waals surface area contributed by atoms with E-state index < -0.39 is 0 Å². The first kappa shape index (κ1) is 21.3. The summed E-state index contributed by atoms with van der Waals surface area (Å²) in [5.41, 5.74) is 4.90. The van der Waals surface area contributed by atoms with E-state index >= 15 is 0 Å². The fraction of sp³-hybridized carbons (Fsp3) is 0.862. The highest BCUT2D eigenvalue weighted by atomic mass is 16.3. The molecule has 168 valence electrons. The van der Waals surface area contributed by atoms with Gasteiger partial charge in [-0.15, -0.1) is 0 Å². The molecule has 0 bridgehead atoms. The number of hydrogen-bond acceptors (Lipinski definition) is 1. The molecule has 5 rings (SSSR count). The summed E-state index contributed by atoms with van der Waals surface area (Å²) in [5.74, 6) is 3.69. The topological polar surface area (TPSA) is 20.2 Å². The monoisotopic (exact) mass is 410 g/mol. The minimum absolute atomic E-state index is 0.0785. The number of aliphatic hydroxyl groups excluding tert-OH is 1. The number of hydrogen-bond donors (Lipinski definition) is 1. The molecule has 3 fully saturated rings. The van der Waals surface area contributed by atoms with E-state index in [1.165, 1.54) is 70.6 Å². The molecule has 0 amide bonds. The highest BCUT2D eigenvalue weighted by Gasteiger charge is 2.58. The zero-order valence-corrected chi connectivity index (χ0v) is 20.2. The average molecular weight is 411 g/mol. The van der Waals surface area contributed by atoms with Gasteiger partial charge in [-0.25, -0.2) is 0 Å². The molecular weight excluding hydrogens is 364 g/mol. The zero-order chi connectivity index (χ0) is 21.1. The summed E-state index contributed by atoms with van der Waals surface area (Å²) < 4.78 is 0. The second kappa shape index (κ2) is 7.50. The van der Waals surface area contributed by atoms with Crippen molar-refractivity contribution < 1.29 is 5.11 Å². The van der Waals surface area contributed by atoms with Crippen LogP contribution in [0.5, 0.6) is 0 Å². The minimum Gasteiger partial charge on any atom is -0.393 e. The molecule has 1 N–H and O–H groups in total. The third-order valence-electron chi connectivity index (χ3n) is 11.2. The Morgan fingerprint density at radius 1 is 0.933 bits per heavy atom. The number of aliphatic hydroxyl groups is 1. The van der Waals surface area contributed by atoms with Crippen LogP contribution >= 0.6 is 0 Å². The molecule has 3 saturated carbocycles. The second-order valence-corrected chi connectivity index (χ2v) is 13.2. The molecule has 5 aliphatic rings. The van der Waals surface area contributed by atoms with Gasteiger partial charge in [0.2, 0.25) is 0 Å². The Balaban J connectivity index is 1.28. The fourth-order valence-corrected chi connectivity index (χ4v) is 8.94. The van der Waals surface area contributed by atoms with Crippen molar-refractivity contribution in [2.75, 3.05) is 0 Å². The lowest BCUT2D eigenvalue weighted by molar-refractivity contribution is -0.0506. The summed E-state index contributed by atoms with van der Waals surface area (Å²) >= 11 is 0. The van der Waals surface area contributed by atoms with Crippen molar-refractivity contribution in [1.82, 2.24) is 0 Å². The minimum atomic E-state index is -0.0785. The molecule has 1 nitrogen and oxygen atoms in total. The van der Waals surface area contributed by atoms with Gasteiger partial charge in [0.05, 0.1) is 6.10 Å². The summed E-state index contributed by atoms with van der Waals surface area (Å²) in [6.07, 6.45) is 22.3. The van der Waals surface area contributed by atoms with Crippen LogP contribution in [0.4, 0.5) is 0 Å². The van der Waals surface area contributed by atoms with Crippen LogP contribution < -0.4 is 0 Å². The fourth-order valence-electron chi connectivity index (χ4n) is 8.94. The van der Waals surface area contributed by atoms with E-state index in [0.29, 0.717) is 16.2 Å². The molecular formula is C29H46O. The van der Waals surface area contributed by atoms with Gasteiger partial charge in [-0.2, -0.15) is 0 Å². The van der Waals surface area contributed by atoms with E-state index in [2.05, 4.69) is 39.8 Å². The highest BCUT2D eigenvalue weighted by Crippen LogP contribution is 2.66. The van der Waals surface area contributed by atoms with Crippen molar-refractivity contribution in [3.05, 3.63) is 23.3 Å². The van der Waals surface area contributed by atoms with Gasteiger partial charge in [-0.05, 0) is 123 Å². The Morgan fingerprint density at radius 3 is 2.53 bits per heavy atom. The average Bonchev–Trinajstić information content (AvgIpc) is 3.04. The van der Waals surface area contributed by atoms with Gasteiger partial charge in [0.1, 0.15) is 0 Å². The molecule has 0 heterocycles. The summed E-state index contributed by atoms with van der Waals surface area (Å²) in [6.45, 7) is 10.1. The van der Waals surface area contributed by atoms with Crippen LogP contribution in [-0.2, 0) is 0 Å². The highest BCUT2D eigenvalue weighted by molar-refractivity contribution is 5.25. The van der Waals surface area contributed by atoms with E-state index in [1.807, 2.05) is 0 Å². The van der Waals surface area contributed by atoms with Crippen molar-refractivity contribution in [3.8, 4) is 0 Å². The van der Waals surface area contributed by atoms with Gasteiger partial charge in [0.15, 0.2) is 0 Å². The smallest absolute Gasteiger partial charge is 0.0577 e. The Labute approximate surface area is 185 Å². The second-order valence-electron chi connectivity index (χ2n) is 13.2. The molecule has 0 saturated heterocycles. The predicted molar refractivity (Wildman–Crippen MR) is 126 cm³/mol. The molecule has 0 aromatic carbocycles. The van der Waals surface area contributed by atoms with Crippen LogP contribution in [0.2, 0.25) is 0 Å². The van der Waals surface area contributed by atoms with Crippen LogP contribution in [0.3, 0.4) is 0 Å². The SMILES string of the molecule is CC1(C)CC=C(CC[C@H]2CC[C@H]3[C@@H]4CC=C5C[C@@H](O)CC[C@]5(C)[C@H]4CC[C@]23C)CC1. The lowest BCUT2D eigenvalue weighted by Gasteiger charge is -2.58. The van der Waals surface area contributed by atoms with Crippen molar-refractivity contribution in [2.45, 2.75) is 117 Å². The molecule has 30 heavy (non-hydrogen) atoms. The quantitative estimate of drug-likeness (QED) is 0.470. The van der Waals surface area contributed by atoms with Gasteiger partial charge in [-0.1, -0.05) is 51.0 Å². The Hall–Kier alpha value is -0.560. The Morgan fingerprint density at radius 2 is 1.77 bits per heavy atom. The number of allylic oxidation sites excluding steroid dienone is 3. The van der Waals surface area contributed by atoms with E-state index in [1.54, 1.807) is 11.1 Å². The zero-order valence-electron chi connectivity index (χ0n) is 20.2. The molecule has 1 heteroatoms. The van der Waals surface area contributed by atoms with Crippen molar-refractivity contribution >= 4 is 0 Å². The van der Waals surface area contributed by atoms with E-state index in [0.717, 1.165) is 36.5 Å². The van der Waals surface area contributed by atoms with E-state index in [-0.39, 0.29) is 6.10 Å². The summed E-state index contributed by atoms with van der Waals surface area (Å²) in [6, 6.07) is 0. The number of rotatable bonds is 3. The maximum atomic E-state index is 10.2. The van der Waals surface area contributed by atoms with Crippen molar-refractivity contribution in [3.63, 3.8) is 0 Å². The third kappa shape index (κ3) is 3.46. The summed E-state index contributed by atoms with van der Waals surface area (Å²) in [4.78, 5) is 0. The maximum Gasteiger partial charge on any atom is 0.0577 e. The van der Waals surface area contributed by atoms with Crippen LogP contribution in [0.15, 0.2) is 23.3 Å². The van der Waals surface area contributed by atoms with Crippen molar-refractivity contribution in [2.24, 2.45) is 39.9 Å². The molecule has 7 atom stereocenters. The van der Waals surface area contributed by atoms with Gasteiger partial charge < -0.3 is 5.11 Å². The van der Waals surface area contributed by atoms with Crippen molar-refractivity contribution in [1.29, 1.82) is 0 Å². The molecule has 5 aliphatic carbocycles. The first-order valence-corrected chi connectivity index (χ1v) is 13.3. The number of fused-ring (bicyclic) bond motifs is 5. The standard InChI is InChI=1S/C29H46O/c1-27(2)15-11-20(12-16-27)5-6-21-8-10-25-24-9-7-22-19-23(30)13-17-29(22,4)26(24)14-18-28(21,25)3/h7,11,21,23-26,30H,5-6,8-10,12-19H2,1-4H3/t21-,23-,24-,25-,26-,28+,29-/m0/s1. The Kier molecular flexibility index (Phi) is 5.32. The normalized spacial score (nSPS) is 47.6. The van der Waals surface area contributed by atoms with Gasteiger partial charge in [0.25, 0.3) is 0 Å². The summed E-state index contributed by atoms with van der Waals surface area (Å²) in [5, 5.41) is 10.2. The maximum absolute atomic E-state index is 10.2. The predicted octanol–water partition coefficient (Wildman–Crippen LogP) is 7.84. The molecule has 0 spiro atoms. The van der Waals surface area contributed by atoms with Gasteiger partial charge in [0, 0.05) is 0 Å². The molecule has 0 aromatic rings. The van der Waals surface area contributed by atoms with Crippen LogP contribution in [0, 0.1) is 39.9 Å². The molecule has 0 unspecified atom stereocenters. The largest absolute Gasteiger partial charge is 0.393 e. The van der Waals surface area contributed by atoms with Crippen LogP contribution in [-0.4, -0.2) is 11.2 Å². The summed E-state index contributed by atoms with van der Waals surface area (Å²) in [7, 11) is 0. The van der Waals surface area contributed by atoms with Gasteiger partial charge >= 0.3 is 0 Å². The Bertz CT molecular complexity index is 729. The van der Waals surface area contributed by atoms with Crippen LogP contribution in [0.1, 0.15) is 111 Å². The van der Waals surface area contributed by atoms with E-state index in [4.69, 9.17) is 0 Å². The van der Waals surface area contributed by atoms with E-state index in [9.17, 15) is 5.11 Å². The molecule has 0 radical (unpaired) electrons. The lowest BCUT2D eigenvalue weighted by atomic mass is 9.47. The van der Waals surface area contributed by atoms with Gasteiger partial charge in [-0.3, -0.25) is 0 Å². The third-order valence-corrected chi connectivity index (χ3v) is 11.2.